The van der Waals surface area contributed by atoms with E-state index in [4.69, 9.17) is 15.0 Å². The number of alkyl halides is 3. The minimum absolute atomic E-state index is 0.197. The van der Waals surface area contributed by atoms with Gasteiger partial charge in [-0.1, -0.05) is 41.4 Å². The molecule has 0 aromatic heterocycles. The molecule has 1 amide bonds. The van der Waals surface area contributed by atoms with Crippen LogP contribution in [0.15, 0.2) is 0 Å². The number of carbonyl (C=O) groups excluding carboxylic acids is 1. The van der Waals surface area contributed by atoms with Gasteiger partial charge in [0.2, 0.25) is 5.91 Å². The number of hydrogen-bond donors (Lipinski definition) is 3. The number of halogens is 3. The molecule has 1 aliphatic carbocycles. The van der Waals surface area contributed by atoms with Crippen molar-refractivity contribution >= 4 is 39.4 Å². The Morgan fingerprint density at radius 2 is 1.69 bits per heavy atom. The van der Waals surface area contributed by atoms with Crippen LogP contribution < -0.4 is 5.32 Å². The van der Waals surface area contributed by atoms with Crippen molar-refractivity contribution in [3.8, 4) is 0 Å². The number of amides is 1. The van der Waals surface area contributed by atoms with E-state index in [0.717, 1.165) is 18.6 Å². The van der Waals surface area contributed by atoms with E-state index in [-0.39, 0.29) is 18.2 Å². The third-order valence-electron chi connectivity index (χ3n) is 3.52. The van der Waals surface area contributed by atoms with Gasteiger partial charge in [-0.15, -0.1) is 0 Å². The number of carboxylic acids is 2. The Morgan fingerprint density at radius 3 is 2.19 bits per heavy atom. The van der Waals surface area contributed by atoms with Crippen LogP contribution >= 0.6 is 21.6 Å². The first-order valence-electron chi connectivity index (χ1n) is 8.08. The van der Waals surface area contributed by atoms with E-state index >= 15 is 0 Å². The lowest BCUT2D eigenvalue weighted by Crippen LogP contribution is -2.34. The van der Waals surface area contributed by atoms with Crippen LogP contribution in [0.1, 0.15) is 39.0 Å². The molecule has 3 N–H and O–H groups in total. The van der Waals surface area contributed by atoms with E-state index in [0.29, 0.717) is 18.2 Å². The summed E-state index contributed by atoms with van der Waals surface area (Å²) in [7, 11) is 3.18. The number of rotatable bonds is 8. The first-order valence-corrected chi connectivity index (χ1v) is 10.6. The van der Waals surface area contributed by atoms with Crippen LogP contribution in [0, 0.1) is 11.8 Å². The second kappa shape index (κ2) is 13.1. The maximum Gasteiger partial charge on any atom is 0.490 e. The third-order valence-corrected chi connectivity index (χ3v) is 5.93. The highest BCUT2D eigenvalue weighted by atomic mass is 33.1. The van der Waals surface area contributed by atoms with Gasteiger partial charge in [0.25, 0.3) is 0 Å². The number of aliphatic carboxylic acids is 2. The van der Waals surface area contributed by atoms with Gasteiger partial charge in [0.15, 0.2) is 0 Å². The van der Waals surface area contributed by atoms with Gasteiger partial charge in [0.1, 0.15) is 0 Å². The second-order valence-electron chi connectivity index (χ2n) is 5.85. The minimum Gasteiger partial charge on any atom is -0.481 e. The Kier molecular flexibility index (Phi) is 12.6. The van der Waals surface area contributed by atoms with Crippen LogP contribution in [0.3, 0.4) is 0 Å². The second-order valence-corrected chi connectivity index (χ2v) is 8.55. The van der Waals surface area contributed by atoms with Gasteiger partial charge in [0, 0.05) is 24.0 Å². The van der Waals surface area contributed by atoms with Crippen molar-refractivity contribution in [3.63, 3.8) is 0 Å². The molecule has 0 bridgehead atoms. The van der Waals surface area contributed by atoms with E-state index in [2.05, 4.69) is 12.2 Å². The van der Waals surface area contributed by atoms with Crippen LogP contribution in [0.4, 0.5) is 13.2 Å². The molecule has 0 aromatic rings. The van der Waals surface area contributed by atoms with Crippen LogP contribution in [0.25, 0.3) is 0 Å². The van der Waals surface area contributed by atoms with Crippen molar-refractivity contribution in [2.75, 3.05) is 18.1 Å². The van der Waals surface area contributed by atoms with Crippen molar-refractivity contribution in [2.24, 2.45) is 11.8 Å². The summed E-state index contributed by atoms with van der Waals surface area (Å²) in [6.45, 7) is 2.89. The summed E-state index contributed by atoms with van der Waals surface area (Å²) in [4.78, 5) is 31.1. The van der Waals surface area contributed by atoms with E-state index in [9.17, 15) is 22.8 Å². The molecule has 0 aliphatic heterocycles. The molecule has 6 nitrogen and oxygen atoms in total. The fourth-order valence-corrected chi connectivity index (χ4v) is 4.17. The van der Waals surface area contributed by atoms with Gasteiger partial charge >= 0.3 is 18.1 Å². The highest BCUT2D eigenvalue weighted by Crippen LogP contribution is 2.28. The standard InChI is InChI=1S/C13H23NO3S2.C2HF3O2/c1-10-3-2-4-11(9-10)13(17)14-6-8-19-18-7-5-12(15)16;3-2(4,5)1(6)7/h10-11H,2-9H2,1H3,(H,14,17)(H,15,16);(H,6,7). The Morgan fingerprint density at radius 1 is 1.12 bits per heavy atom. The molecule has 1 rings (SSSR count). The molecule has 1 saturated carbocycles. The predicted molar refractivity (Wildman–Crippen MR) is 95.0 cm³/mol. The van der Waals surface area contributed by atoms with Gasteiger partial charge in [-0.2, -0.15) is 13.2 Å². The Balaban J connectivity index is 0.000000758. The lowest BCUT2D eigenvalue weighted by Gasteiger charge is -2.25. The molecule has 0 spiro atoms. The smallest absolute Gasteiger partial charge is 0.481 e. The fourth-order valence-electron chi connectivity index (χ4n) is 2.28. The zero-order chi connectivity index (χ0) is 20.2. The molecule has 1 fully saturated rings. The molecule has 11 heteroatoms. The molecule has 0 heterocycles. The van der Waals surface area contributed by atoms with Crippen molar-refractivity contribution in [3.05, 3.63) is 0 Å². The SMILES string of the molecule is CC1CCCC(C(=O)NCCSSCCC(=O)O)C1.O=C(O)C(F)(F)F. The minimum atomic E-state index is -5.08. The summed E-state index contributed by atoms with van der Waals surface area (Å²) < 4.78 is 31.7. The summed E-state index contributed by atoms with van der Waals surface area (Å²) in [6.07, 6.45) is -0.425. The van der Waals surface area contributed by atoms with E-state index in [1.165, 1.54) is 12.8 Å². The largest absolute Gasteiger partial charge is 0.490 e. The van der Waals surface area contributed by atoms with E-state index < -0.39 is 18.1 Å². The molecule has 0 aromatic carbocycles. The fraction of sp³-hybridized carbons (Fsp3) is 0.800. The monoisotopic (exact) mass is 419 g/mol. The molecule has 1 aliphatic rings. The zero-order valence-corrected chi connectivity index (χ0v) is 16.0. The van der Waals surface area contributed by atoms with Gasteiger partial charge < -0.3 is 15.5 Å². The number of carboxylic acid groups (broad SMARTS) is 2. The lowest BCUT2D eigenvalue weighted by molar-refractivity contribution is -0.192. The Labute approximate surface area is 158 Å². The molecule has 2 atom stereocenters. The number of nitrogens with one attached hydrogen (secondary N) is 1. The average Bonchev–Trinajstić information content (AvgIpc) is 2.53. The highest BCUT2D eigenvalue weighted by Gasteiger charge is 2.38. The van der Waals surface area contributed by atoms with Gasteiger partial charge in [0.05, 0.1) is 6.42 Å². The normalized spacial score (nSPS) is 19.8. The van der Waals surface area contributed by atoms with Gasteiger partial charge in [-0.05, 0) is 18.8 Å². The maximum atomic E-state index is 11.9. The first-order chi connectivity index (χ1) is 12.0. The summed E-state index contributed by atoms with van der Waals surface area (Å²) in [5.41, 5.74) is 0. The molecule has 26 heavy (non-hydrogen) atoms. The third kappa shape index (κ3) is 13.2. The summed E-state index contributed by atoms with van der Waals surface area (Å²) in [5, 5.41) is 18.6. The van der Waals surface area contributed by atoms with Gasteiger partial charge in [-0.25, -0.2) is 4.79 Å². The molecular formula is C15H24F3NO5S2. The quantitative estimate of drug-likeness (QED) is 0.409. The molecular weight excluding hydrogens is 395 g/mol. The lowest BCUT2D eigenvalue weighted by atomic mass is 9.82. The summed E-state index contributed by atoms with van der Waals surface area (Å²) in [5.74, 6) is -0.992. The van der Waals surface area contributed by atoms with Crippen molar-refractivity contribution in [1.29, 1.82) is 0 Å². The first kappa shape index (κ1) is 24.9. The summed E-state index contributed by atoms with van der Waals surface area (Å²) in [6, 6.07) is 0. The zero-order valence-electron chi connectivity index (χ0n) is 14.4. The number of hydrogen-bond acceptors (Lipinski definition) is 5. The van der Waals surface area contributed by atoms with Crippen LogP contribution in [0.2, 0.25) is 0 Å². The van der Waals surface area contributed by atoms with Crippen LogP contribution in [-0.2, 0) is 14.4 Å². The van der Waals surface area contributed by atoms with Gasteiger partial charge in [-0.3, -0.25) is 9.59 Å². The average molecular weight is 419 g/mol. The van der Waals surface area contributed by atoms with E-state index in [1.54, 1.807) is 21.6 Å². The topological polar surface area (TPSA) is 104 Å². The Bertz CT molecular complexity index is 463. The number of carbonyl (C=O) groups is 3. The van der Waals surface area contributed by atoms with Crippen LogP contribution in [-0.4, -0.2) is 52.3 Å². The predicted octanol–water partition coefficient (Wildman–Crippen LogP) is 3.42. The van der Waals surface area contributed by atoms with E-state index in [1.807, 2.05) is 0 Å². The highest BCUT2D eigenvalue weighted by molar-refractivity contribution is 8.76. The van der Waals surface area contributed by atoms with Crippen molar-refractivity contribution in [1.82, 2.24) is 5.32 Å². The Hall–Kier alpha value is -1.10. The maximum absolute atomic E-state index is 11.9. The van der Waals surface area contributed by atoms with Crippen molar-refractivity contribution in [2.45, 2.75) is 45.2 Å². The van der Waals surface area contributed by atoms with Crippen molar-refractivity contribution < 1.29 is 37.8 Å². The molecule has 2 unspecified atom stereocenters. The molecule has 0 radical (unpaired) electrons. The van der Waals surface area contributed by atoms with Crippen LogP contribution in [0.5, 0.6) is 0 Å². The summed E-state index contributed by atoms with van der Waals surface area (Å²) >= 11 is 0. The molecule has 152 valence electrons. The molecule has 0 saturated heterocycles.